The molecule has 0 amide bonds. The van der Waals surface area contributed by atoms with Crippen molar-refractivity contribution in [2.45, 2.75) is 25.3 Å². The molecule has 1 aliphatic carbocycles. The van der Waals surface area contributed by atoms with Gasteiger partial charge in [-0.15, -0.1) is 0 Å². The smallest absolute Gasteiger partial charge is 0.317 e. The first-order valence-corrected chi connectivity index (χ1v) is 7.47. The van der Waals surface area contributed by atoms with E-state index < -0.39 is 5.97 Å². The van der Waals surface area contributed by atoms with Crippen LogP contribution in [0.25, 0.3) is 0 Å². The second-order valence-electron chi connectivity index (χ2n) is 5.89. The Morgan fingerprint density at radius 2 is 1.80 bits per heavy atom. The number of carboxylic acids is 1. The molecule has 1 aromatic carbocycles. The van der Waals surface area contributed by atoms with Crippen LogP contribution in [-0.4, -0.2) is 59.6 Å². The zero-order valence-electron chi connectivity index (χ0n) is 11.8. The van der Waals surface area contributed by atoms with Gasteiger partial charge in [0.2, 0.25) is 0 Å². The summed E-state index contributed by atoms with van der Waals surface area (Å²) in [5, 5.41) is 8.90. The van der Waals surface area contributed by atoms with E-state index in [0.717, 1.165) is 45.4 Å². The van der Waals surface area contributed by atoms with Crippen LogP contribution in [0.2, 0.25) is 0 Å². The average molecular weight is 274 g/mol. The molecule has 0 saturated carbocycles. The van der Waals surface area contributed by atoms with Crippen LogP contribution in [0.1, 0.15) is 17.5 Å². The summed E-state index contributed by atoms with van der Waals surface area (Å²) >= 11 is 0. The van der Waals surface area contributed by atoms with Gasteiger partial charge in [-0.2, -0.15) is 0 Å². The number of carboxylic acid groups (broad SMARTS) is 1. The zero-order valence-corrected chi connectivity index (χ0v) is 11.8. The van der Waals surface area contributed by atoms with E-state index >= 15 is 0 Å². The fraction of sp³-hybridized carbons (Fsp3) is 0.562. The van der Waals surface area contributed by atoms with Gasteiger partial charge in [0.1, 0.15) is 0 Å². The monoisotopic (exact) mass is 274 g/mol. The van der Waals surface area contributed by atoms with E-state index in [1.807, 2.05) is 0 Å². The molecule has 108 valence electrons. The van der Waals surface area contributed by atoms with Crippen molar-refractivity contribution >= 4 is 5.97 Å². The minimum Gasteiger partial charge on any atom is -0.480 e. The summed E-state index contributed by atoms with van der Waals surface area (Å²) in [5.41, 5.74) is 2.98. The van der Waals surface area contributed by atoms with E-state index in [1.165, 1.54) is 11.1 Å². The number of carbonyl (C=O) groups is 1. The van der Waals surface area contributed by atoms with E-state index in [0.29, 0.717) is 6.04 Å². The van der Waals surface area contributed by atoms with Gasteiger partial charge in [0.15, 0.2) is 0 Å². The van der Waals surface area contributed by atoms with Crippen molar-refractivity contribution in [2.75, 3.05) is 32.7 Å². The highest BCUT2D eigenvalue weighted by Gasteiger charge is 2.28. The summed E-state index contributed by atoms with van der Waals surface area (Å²) in [4.78, 5) is 15.4. The molecule has 1 fully saturated rings. The maximum absolute atomic E-state index is 10.8. The molecule has 1 heterocycles. The number of nitrogens with zero attached hydrogens (tertiary/aromatic N) is 2. The normalized spacial score (nSPS) is 21.6. The van der Waals surface area contributed by atoms with Gasteiger partial charge in [0.05, 0.1) is 6.54 Å². The van der Waals surface area contributed by atoms with Crippen LogP contribution in [0, 0.1) is 0 Å². The molecule has 1 saturated heterocycles. The van der Waals surface area contributed by atoms with E-state index in [2.05, 4.69) is 34.1 Å². The Hall–Kier alpha value is -1.39. The summed E-state index contributed by atoms with van der Waals surface area (Å²) in [7, 11) is 0. The van der Waals surface area contributed by atoms with Crippen molar-refractivity contribution in [3.8, 4) is 0 Å². The highest BCUT2D eigenvalue weighted by molar-refractivity contribution is 5.69. The third kappa shape index (κ3) is 3.02. The topological polar surface area (TPSA) is 43.8 Å². The molecule has 0 spiro atoms. The third-order valence-electron chi connectivity index (χ3n) is 4.53. The summed E-state index contributed by atoms with van der Waals surface area (Å²) < 4.78 is 0. The molecule has 0 unspecified atom stereocenters. The van der Waals surface area contributed by atoms with Crippen molar-refractivity contribution in [3.63, 3.8) is 0 Å². The van der Waals surface area contributed by atoms with Gasteiger partial charge >= 0.3 is 5.97 Å². The Balaban J connectivity index is 1.58. The highest BCUT2D eigenvalue weighted by atomic mass is 16.4. The fourth-order valence-electron chi connectivity index (χ4n) is 3.50. The minimum absolute atomic E-state index is 0.179. The van der Waals surface area contributed by atoms with Gasteiger partial charge in [-0.05, 0) is 36.9 Å². The molecule has 4 heteroatoms. The first-order valence-electron chi connectivity index (χ1n) is 7.47. The molecule has 20 heavy (non-hydrogen) atoms. The lowest BCUT2D eigenvalue weighted by atomic mass is 10.1. The Bertz CT molecular complexity index is 464. The van der Waals surface area contributed by atoms with Gasteiger partial charge in [0.25, 0.3) is 0 Å². The van der Waals surface area contributed by atoms with Gasteiger partial charge < -0.3 is 5.11 Å². The standard InChI is InChI=1S/C16H22N2O2/c19-16(20)12-17-6-3-7-18(9-8-17)15-10-13-4-1-2-5-14(13)11-15/h1-2,4-5,15H,3,6-12H2,(H,19,20). The number of hydrogen-bond acceptors (Lipinski definition) is 3. The summed E-state index contributed by atoms with van der Waals surface area (Å²) in [5.74, 6) is -0.716. The lowest BCUT2D eigenvalue weighted by Gasteiger charge is -2.27. The van der Waals surface area contributed by atoms with Crippen LogP contribution in [-0.2, 0) is 17.6 Å². The number of fused-ring (bicyclic) bond motifs is 1. The van der Waals surface area contributed by atoms with Crippen LogP contribution >= 0.6 is 0 Å². The van der Waals surface area contributed by atoms with E-state index in [-0.39, 0.29) is 6.54 Å². The molecule has 2 aliphatic rings. The fourth-order valence-corrected chi connectivity index (χ4v) is 3.50. The highest BCUT2D eigenvalue weighted by Crippen LogP contribution is 2.26. The van der Waals surface area contributed by atoms with E-state index in [4.69, 9.17) is 5.11 Å². The van der Waals surface area contributed by atoms with Crippen molar-refractivity contribution in [1.82, 2.24) is 9.80 Å². The van der Waals surface area contributed by atoms with Crippen LogP contribution in [0.15, 0.2) is 24.3 Å². The maximum atomic E-state index is 10.8. The Morgan fingerprint density at radius 1 is 1.10 bits per heavy atom. The minimum atomic E-state index is -0.716. The first-order chi connectivity index (χ1) is 9.72. The predicted molar refractivity (Wildman–Crippen MR) is 77.9 cm³/mol. The van der Waals surface area contributed by atoms with Gasteiger partial charge in [0, 0.05) is 25.7 Å². The molecule has 3 rings (SSSR count). The largest absolute Gasteiger partial charge is 0.480 e. The van der Waals surface area contributed by atoms with Gasteiger partial charge in [-0.25, -0.2) is 0 Å². The molecule has 0 atom stereocenters. The lowest BCUT2D eigenvalue weighted by molar-refractivity contribution is -0.138. The summed E-state index contributed by atoms with van der Waals surface area (Å²) in [6.07, 6.45) is 3.37. The predicted octanol–water partition coefficient (Wildman–Crippen LogP) is 1.25. The van der Waals surface area contributed by atoms with E-state index in [9.17, 15) is 4.79 Å². The Labute approximate surface area is 120 Å². The molecule has 0 radical (unpaired) electrons. The Morgan fingerprint density at radius 3 is 2.45 bits per heavy atom. The number of aliphatic carboxylic acids is 1. The van der Waals surface area contributed by atoms with Crippen molar-refractivity contribution in [2.24, 2.45) is 0 Å². The molecule has 4 nitrogen and oxygen atoms in total. The first kappa shape index (κ1) is 13.6. The quantitative estimate of drug-likeness (QED) is 0.901. The van der Waals surface area contributed by atoms with Crippen LogP contribution in [0.4, 0.5) is 0 Å². The molecular formula is C16H22N2O2. The second kappa shape index (κ2) is 5.94. The third-order valence-corrected chi connectivity index (χ3v) is 4.53. The van der Waals surface area contributed by atoms with Crippen molar-refractivity contribution in [3.05, 3.63) is 35.4 Å². The SMILES string of the molecule is O=C(O)CN1CCCN(C2Cc3ccccc3C2)CC1. The molecule has 0 bridgehead atoms. The molecular weight excluding hydrogens is 252 g/mol. The number of benzene rings is 1. The van der Waals surface area contributed by atoms with Crippen LogP contribution in [0.5, 0.6) is 0 Å². The lowest BCUT2D eigenvalue weighted by Crippen LogP contribution is -2.39. The summed E-state index contributed by atoms with van der Waals surface area (Å²) in [6.45, 7) is 4.04. The van der Waals surface area contributed by atoms with Gasteiger partial charge in [-0.1, -0.05) is 24.3 Å². The van der Waals surface area contributed by atoms with Crippen molar-refractivity contribution < 1.29 is 9.90 Å². The number of hydrogen-bond donors (Lipinski definition) is 1. The van der Waals surface area contributed by atoms with Gasteiger partial charge in [-0.3, -0.25) is 14.6 Å². The number of rotatable bonds is 3. The Kier molecular flexibility index (Phi) is 4.03. The van der Waals surface area contributed by atoms with E-state index in [1.54, 1.807) is 0 Å². The van der Waals surface area contributed by atoms with Crippen LogP contribution < -0.4 is 0 Å². The molecule has 1 aliphatic heterocycles. The second-order valence-corrected chi connectivity index (χ2v) is 5.89. The van der Waals surface area contributed by atoms with Crippen LogP contribution in [0.3, 0.4) is 0 Å². The maximum Gasteiger partial charge on any atom is 0.317 e. The molecule has 1 N–H and O–H groups in total. The molecule has 1 aromatic rings. The molecule has 0 aromatic heterocycles. The zero-order chi connectivity index (χ0) is 13.9. The summed E-state index contributed by atoms with van der Waals surface area (Å²) in [6, 6.07) is 9.33. The van der Waals surface area contributed by atoms with Crippen molar-refractivity contribution in [1.29, 1.82) is 0 Å². The average Bonchev–Trinajstić information content (AvgIpc) is 2.72.